The van der Waals surface area contributed by atoms with Crippen LogP contribution < -0.4 is 5.32 Å². The van der Waals surface area contributed by atoms with Gasteiger partial charge in [0.05, 0.1) is 11.4 Å². The van der Waals surface area contributed by atoms with Gasteiger partial charge in [0.2, 0.25) is 5.95 Å². The highest BCUT2D eigenvalue weighted by atomic mass is 19.1. The van der Waals surface area contributed by atoms with E-state index in [1.807, 2.05) is 17.7 Å². The first-order valence-electron chi connectivity index (χ1n) is 6.36. The van der Waals surface area contributed by atoms with Crippen molar-refractivity contribution in [2.24, 2.45) is 0 Å². The minimum Gasteiger partial charge on any atom is -0.323 e. The van der Waals surface area contributed by atoms with Gasteiger partial charge in [0.25, 0.3) is 0 Å². The predicted molar refractivity (Wildman–Crippen MR) is 71.5 cm³/mol. The Morgan fingerprint density at radius 1 is 1.32 bits per heavy atom. The molecule has 0 atom stereocenters. The molecule has 19 heavy (non-hydrogen) atoms. The van der Waals surface area contributed by atoms with Crippen molar-refractivity contribution in [1.82, 2.24) is 9.55 Å². The van der Waals surface area contributed by atoms with Crippen LogP contribution in [-0.4, -0.2) is 9.55 Å². The zero-order chi connectivity index (χ0) is 13.8. The summed E-state index contributed by atoms with van der Waals surface area (Å²) in [5.41, 5.74) is 0.943. The Balaban J connectivity index is 2.24. The van der Waals surface area contributed by atoms with Gasteiger partial charge < -0.3 is 9.88 Å². The van der Waals surface area contributed by atoms with E-state index in [0.29, 0.717) is 5.95 Å². The van der Waals surface area contributed by atoms with Crippen LogP contribution in [0.5, 0.6) is 0 Å². The summed E-state index contributed by atoms with van der Waals surface area (Å²) >= 11 is 0. The zero-order valence-electron chi connectivity index (χ0n) is 11.1. The van der Waals surface area contributed by atoms with E-state index in [1.165, 1.54) is 0 Å². The topological polar surface area (TPSA) is 29.9 Å². The summed E-state index contributed by atoms with van der Waals surface area (Å²) in [4.78, 5) is 4.29. The average Bonchev–Trinajstić information content (AvgIpc) is 2.71. The van der Waals surface area contributed by atoms with E-state index in [4.69, 9.17) is 0 Å². The molecule has 2 aromatic rings. The molecule has 0 aliphatic rings. The minimum atomic E-state index is -0.496. The van der Waals surface area contributed by atoms with E-state index >= 15 is 0 Å². The first-order valence-corrected chi connectivity index (χ1v) is 6.36. The standard InChI is InChI=1S/C14H17F2N3/c1-3-4-7-19-9-10(2)17-14(19)18-13-8-11(15)5-6-12(13)16/h5-6,8-9H,3-4,7H2,1-2H3,(H,17,18). The molecule has 2 rings (SSSR count). The maximum atomic E-state index is 13.6. The Labute approximate surface area is 111 Å². The number of imidazole rings is 1. The summed E-state index contributed by atoms with van der Waals surface area (Å²) in [6.45, 7) is 4.77. The molecule has 0 saturated carbocycles. The Bertz CT molecular complexity index is 564. The number of nitrogens with zero attached hydrogens (tertiary/aromatic N) is 2. The molecule has 3 nitrogen and oxygen atoms in total. The summed E-state index contributed by atoms with van der Waals surface area (Å²) in [7, 11) is 0. The average molecular weight is 265 g/mol. The molecule has 0 aliphatic carbocycles. The van der Waals surface area contributed by atoms with Gasteiger partial charge in [-0.1, -0.05) is 13.3 Å². The van der Waals surface area contributed by atoms with E-state index in [1.54, 1.807) is 0 Å². The molecule has 1 heterocycles. The monoisotopic (exact) mass is 265 g/mol. The van der Waals surface area contributed by atoms with E-state index in [2.05, 4.69) is 17.2 Å². The lowest BCUT2D eigenvalue weighted by atomic mass is 10.3. The van der Waals surface area contributed by atoms with E-state index in [0.717, 1.165) is 43.3 Å². The van der Waals surface area contributed by atoms with Crippen LogP contribution in [0, 0.1) is 18.6 Å². The summed E-state index contributed by atoms with van der Waals surface area (Å²) < 4.78 is 28.6. The number of nitrogens with one attached hydrogen (secondary N) is 1. The van der Waals surface area contributed by atoms with Gasteiger partial charge in [-0.2, -0.15) is 0 Å². The minimum absolute atomic E-state index is 0.100. The number of hydrogen-bond donors (Lipinski definition) is 1. The van der Waals surface area contributed by atoms with Crippen molar-refractivity contribution in [2.75, 3.05) is 5.32 Å². The Morgan fingerprint density at radius 2 is 2.11 bits per heavy atom. The van der Waals surface area contributed by atoms with Crippen LogP contribution in [0.2, 0.25) is 0 Å². The van der Waals surface area contributed by atoms with E-state index < -0.39 is 11.6 Å². The highest BCUT2D eigenvalue weighted by molar-refractivity contribution is 5.54. The summed E-state index contributed by atoms with van der Waals surface area (Å²) in [5.74, 6) is -0.438. The number of anilines is 2. The van der Waals surface area contributed by atoms with Crippen molar-refractivity contribution >= 4 is 11.6 Å². The van der Waals surface area contributed by atoms with E-state index in [-0.39, 0.29) is 5.69 Å². The SMILES string of the molecule is CCCCn1cc(C)nc1Nc1cc(F)ccc1F. The molecule has 5 heteroatoms. The van der Waals surface area contributed by atoms with Crippen LogP contribution in [0.1, 0.15) is 25.5 Å². The molecule has 0 unspecified atom stereocenters. The van der Waals surface area contributed by atoms with Crippen LogP contribution >= 0.6 is 0 Å². The van der Waals surface area contributed by atoms with Crippen molar-refractivity contribution in [3.05, 3.63) is 41.7 Å². The lowest BCUT2D eigenvalue weighted by Crippen LogP contribution is -2.04. The number of rotatable bonds is 5. The van der Waals surface area contributed by atoms with Crippen LogP contribution in [0.4, 0.5) is 20.4 Å². The lowest BCUT2D eigenvalue weighted by Gasteiger charge is -2.10. The molecule has 0 spiro atoms. The molecule has 1 aromatic heterocycles. The number of aryl methyl sites for hydroxylation is 2. The second kappa shape index (κ2) is 5.82. The van der Waals surface area contributed by atoms with Gasteiger partial charge >= 0.3 is 0 Å². The van der Waals surface area contributed by atoms with Gasteiger partial charge in [-0.05, 0) is 25.5 Å². The molecule has 0 bridgehead atoms. The number of halogens is 2. The van der Waals surface area contributed by atoms with Gasteiger partial charge in [0.1, 0.15) is 11.6 Å². The molecular formula is C14H17F2N3. The highest BCUT2D eigenvalue weighted by Gasteiger charge is 2.09. The van der Waals surface area contributed by atoms with Crippen LogP contribution in [0.15, 0.2) is 24.4 Å². The third-order valence-corrected chi connectivity index (χ3v) is 2.82. The number of benzene rings is 1. The Hall–Kier alpha value is -1.91. The first-order chi connectivity index (χ1) is 9.10. The van der Waals surface area contributed by atoms with Crippen LogP contribution in [0.25, 0.3) is 0 Å². The molecule has 0 radical (unpaired) electrons. The summed E-state index contributed by atoms with van der Waals surface area (Å²) in [5, 5.41) is 2.85. The summed E-state index contributed by atoms with van der Waals surface area (Å²) in [6, 6.07) is 3.32. The first kappa shape index (κ1) is 13.5. The lowest BCUT2D eigenvalue weighted by molar-refractivity contribution is 0.602. The molecule has 0 fully saturated rings. The Kier molecular flexibility index (Phi) is 4.14. The maximum absolute atomic E-state index is 13.6. The predicted octanol–water partition coefficient (Wildman–Crippen LogP) is 4.01. The van der Waals surface area contributed by atoms with Gasteiger partial charge in [0, 0.05) is 18.8 Å². The molecule has 1 aromatic carbocycles. The van der Waals surface area contributed by atoms with Crippen molar-refractivity contribution in [3.8, 4) is 0 Å². The maximum Gasteiger partial charge on any atom is 0.207 e. The molecule has 102 valence electrons. The van der Waals surface area contributed by atoms with E-state index in [9.17, 15) is 8.78 Å². The second-order valence-corrected chi connectivity index (χ2v) is 4.50. The highest BCUT2D eigenvalue weighted by Crippen LogP contribution is 2.21. The fourth-order valence-electron chi connectivity index (χ4n) is 1.86. The molecule has 0 aliphatic heterocycles. The van der Waals surface area contributed by atoms with Gasteiger partial charge in [-0.15, -0.1) is 0 Å². The fraction of sp³-hybridized carbons (Fsp3) is 0.357. The van der Waals surface area contributed by atoms with Crippen molar-refractivity contribution in [1.29, 1.82) is 0 Å². The molecule has 0 saturated heterocycles. The van der Waals surface area contributed by atoms with Crippen LogP contribution in [0.3, 0.4) is 0 Å². The number of unbranched alkanes of at least 4 members (excludes halogenated alkanes) is 1. The quantitative estimate of drug-likeness (QED) is 0.885. The van der Waals surface area contributed by atoms with Crippen molar-refractivity contribution < 1.29 is 8.78 Å². The van der Waals surface area contributed by atoms with Crippen molar-refractivity contribution in [2.45, 2.75) is 33.2 Å². The third kappa shape index (κ3) is 3.30. The largest absolute Gasteiger partial charge is 0.323 e. The van der Waals surface area contributed by atoms with Gasteiger partial charge in [-0.25, -0.2) is 13.8 Å². The van der Waals surface area contributed by atoms with Crippen molar-refractivity contribution in [3.63, 3.8) is 0 Å². The molecular weight excluding hydrogens is 248 g/mol. The number of hydrogen-bond acceptors (Lipinski definition) is 2. The van der Waals surface area contributed by atoms with Gasteiger partial charge in [-0.3, -0.25) is 0 Å². The van der Waals surface area contributed by atoms with Gasteiger partial charge in [0.15, 0.2) is 0 Å². The molecule has 1 N–H and O–H groups in total. The normalized spacial score (nSPS) is 10.7. The number of aromatic nitrogens is 2. The zero-order valence-corrected chi connectivity index (χ0v) is 11.1. The Morgan fingerprint density at radius 3 is 2.84 bits per heavy atom. The molecule has 0 amide bonds. The fourth-order valence-corrected chi connectivity index (χ4v) is 1.86. The summed E-state index contributed by atoms with van der Waals surface area (Å²) in [6.07, 6.45) is 3.97. The third-order valence-electron chi connectivity index (χ3n) is 2.82. The second-order valence-electron chi connectivity index (χ2n) is 4.50. The van der Waals surface area contributed by atoms with Crippen LogP contribution in [-0.2, 0) is 6.54 Å². The smallest absolute Gasteiger partial charge is 0.207 e.